The molecule has 0 heterocycles. The minimum atomic E-state index is -0.885. The van der Waals surface area contributed by atoms with Crippen molar-refractivity contribution in [1.82, 2.24) is 0 Å². The Kier molecular flexibility index (Phi) is 7.74. The third kappa shape index (κ3) is 5.00. The lowest BCUT2D eigenvalue weighted by Crippen LogP contribution is -2.30. The van der Waals surface area contributed by atoms with Crippen LogP contribution in [0.3, 0.4) is 0 Å². The number of carbonyl (C=O) groups is 2. The van der Waals surface area contributed by atoms with Gasteiger partial charge in [0.05, 0.1) is 5.41 Å². The fourth-order valence-corrected chi connectivity index (χ4v) is 5.50. The molecular formula is C35H30O6. The average Bonchev–Trinajstić information content (AvgIpc) is 3.28. The number of carbonyl (C=O) groups excluding carboxylic acids is 2. The molecule has 1 aliphatic rings. The summed E-state index contributed by atoms with van der Waals surface area (Å²) in [7, 11) is 0. The van der Waals surface area contributed by atoms with Crippen LogP contribution in [-0.2, 0) is 24.5 Å². The van der Waals surface area contributed by atoms with Crippen molar-refractivity contribution in [2.75, 3.05) is 13.6 Å². The normalized spacial score (nSPS) is 12.4. The monoisotopic (exact) mass is 546 g/mol. The van der Waals surface area contributed by atoms with Gasteiger partial charge in [0.25, 0.3) is 0 Å². The van der Waals surface area contributed by atoms with Gasteiger partial charge in [-0.25, -0.2) is 9.59 Å². The summed E-state index contributed by atoms with van der Waals surface area (Å²) in [5, 5.41) is 0. The number of ether oxygens (including phenoxy) is 4. The zero-order chi connectivity index (χ0) is 29.0. The second-order valence-corrected chi connectivity index (χ2v) is 9.70. The van der Waals surface area contributed by atoms with Crippen molar-refractivity contribution in [3.8, 4) is 22.6 Å². The number of esters is 2. The van der Waals surface area contributed by atoms with Crippen molar-refractivity contribution in [3.05, 3.63) is 144 Å². The molecule has 4 aromatic carbocycles. The Hall–Kier alpha value is -5.10. The SMILES string of the molecule is C=CC(=O)OCOc1cc(C)ccc1C1(c2ccc(C)cc2OCOC(=O)C=C)c2ccccc2-c2ccccc21. The maximum absolute atomic E-state index is 11.8. The predicted molar refractivity (Wildman–Crippen MR) is 157 cm³/mol. The van der Waals surface area contributed by atoms with Crippen molar-refractivity contribution >= 4 is 11.9 Å². The number of aryl methyl sites for hydroxylation is 2. The van der Waals surface area contributed by atoms with Gasteiger partial charge in [0.1, 0.15) is 11.5 Å². The van der Waals surface area contributed by atoms with Gasteiger partial charge in [-0.1, -0.05) is 86.0 Å². The van der Waals surface area contributed by atoms with Crippen molar-refractivity contribution < 1.29 is 28.5 Å². The molecule has 4 aromatic rings. The average molecular weight is 547 g/mol. The molecule has 0 unspecified atom stereocenters. The Labute approximate surface area is 239 Å². The van der Waals surface area contributed by atoms with Crippen molar-refractivity contribution in [1.29, 1.82) is 0 Å². The van der Waals surface area contributed by atoms with Gasteiger partial charge in [0.15, 0.2) is 0 Å². The summed E-state index contributed by atoms with van der Waals surface area (Å²) in [5.74, 6) is -0.0431. The van der Waals surface area contributed by atoms with Gasteiger partial charge < -0.3 is 18.9 Å². The fraction of sp³-hybridized carbons (Fsp3) is 0.143. The highest BCUT2D eigenvalue weighted by molar-refractivity contribution is 5.87. The molecule has 0 amide bonds. The highest BCUT2D eigenvalue weighted by atomic mass is 16.7. The van der Waals surface area contributed by atoms with Crippen LogP contribution in [0, 0.1) is 13.8 Å². The summed E-state index contributed by atoms with van der Waals surface area (Å²) in [6.07, 6.45) is 2.20. The molecule has 206 valence electrons. The van der Waals surface area contributed by atoms with Gasteiger partial charge in [-0.2, -0.15) is 0 Å². The van der Waals surface area contributed by atoms with Crippen molar-refractivity contribution in [2.45, 2.75) is 19.3 Å². The standard InChI is InChI=1S/C35H30O6/c1-5-33(36)40-21-38-31-19-23(3)15-17-29(31)35(27-13-9-7-11-25(27)26-12-8-10-14-28(26)35)30-18-16-24(4)20-32(30)39-22-41-34(37)6-2/h5-20H,1-2,21-22H2,3-4H3. The first-order chi connectivity index (χ1) is 19.9. The quantitative estimate of drug-likeness (QED) is 0.109. The van der Waals surface area contributed by atoms with E-state index in [9.17, 15) is 9.59 Å². The molecule has 0 spiro atoms. The molecule has 0 aromatic heterocycles. The Bertz CT molecular complexity index is 1530. The smallest absolute Gasteiger partial charge is 0.333 e. The molecule has 41 heavy (non-hydrogen) atoms. The lowest BCUT2D eigenvalue weighted by molar-refractivity contribution is -0.145. The lowest BCUT2D eigenvalue weighted by atomic mass is 9.67. The second kappa shape index (κ2) is 11.6. The number of benzene rings is 4. The van der Waals surface area contributed by atoms with Crippen LogP contribution in [0.25, 0.3) is 11.1 Å². The molecular weight excluding hydrogens is 516 g/mol. The molecule has 6 heteroatoms. The molecule has 0 aliphatic heterocycles. The first-order valence-corrected chi connectivity index (χ1v) is 13.2. The summed E-state index contributed by atoms with van der Waals surface area (Å²) in [4.78, 5) is 23.6. The minimum absolute atomic E-state index is 0.282. The van der Waals surface area contributed by atoms with Crippen LogP contribution >= 0.6 is 0 Å². The number of hydrogen-bond acceptors (Lipinski definition) is 6. The van der Waals surface area contributed by atoms with E-state index in [4.69, 9.17) is 18.9 Å². The zero-order valence-electron chi connectivity index (χ0n) is 23.0. The molecule has 1 aliphatic carbocycles. The van der Waals surface area contributed by atoms with Crippen LogP contribution in [0.1, 0.15) is 33.4 Å². The van der Waals surface area contributed by atoms with E-state index in [2.05, 4.69) is 37.4 Å². The van der Waals surface area contributed by atoms with E-state index in [0.717, 1.165) is 56.7 Å². The Morgan fingerprint density at radius 1 is 0.634 bits per heavy atom. The lowest BCUT2D eigenvalue weighted by Gasteiger charge is -2.36. The topological polar surface area (TPSA) is 71.1 Å². The largest absolute Gasteiger partial charge is 0.457 e. The van der Waals surface area contributed by atoms with Crippen LogP contribution in [0.2, 0.25) is 0 Å². The molecule has 0 saturated heterocycles. The van der Waals surface area contributed by atoms with Gasteiger partial charge in [0.2, 0.25) is 13.6 Å². The predicted octanol–water partition coefficient (Wildman–Crippen LogP) is 6.80. The molecule has 6 nitrogen and oxygen atoms in total. The minimum Gasteiger partial charge on any atom is -0.457 e. The van der Waals surface area contributed by atoms with Crippen LogP contribution in [-0.4, -0.2) is 25.5 Å². The highest BCUT2D eigenvalue weighted by Crippen LogP contribution is 2.59. The third-order valence-corrected chi connectivity index (χ3v) is 7.20. The first-order valence-electron chi connectivity index (χ1n) is 13.2. The molecule has 0 saturated carbocycles. The van der Waals surface area contributed by atoms with Gasteiger partial charge in [0, 0.05) is 23.3 Å². The van der Waals surface area contributed by atoms with Gasteiger partial charge in [-0.15, -0.1) is 0 Å². The van der Waals surface area contributed by atoms with Crippen molar-refractivity contribution in [3.63, 3.8) is 0 Å². The number of hydrogen-bond donors (Lipinski definition) is 0. The van der Waals surface area contributed by atoms with Gasteiger partial charge in [-0.05, 0) is 59.4 Å². The maximum Gasteiger partial charge on any atom is 0.333 e. The van der Waals surface area contributed by atoms with E-state index in [1.165, 1.54) is 0 Å². The number of fused-ring (bicyclic) bond motifs is 3. The molecule has 0 N–H and O–H groups in total. The van der Waals surface area contributed by atoms with E-state index >= 15 is 0 Å². The van der Waals surface area contributed by atoms with E-state index in [-0.39, 0.29) is 13.6 Å². The van der Waals surface area contributed by atoms with Crippen molar-refractivity contribution in [2.24, 2.45) is 0 Å². The molecule has 0 bridgehead atoms. The summed E-state index contributed by atoms with van der Waals surface area (Å²) >= 11 is 0. The first kappa shape index (κ1) is 27.5. The Morgan fingerprint density at radius 3 is 1.46 bits per heavy atom. The Balaban J connectivity index is 1.79. The maximum atomic E-state index is 11.8. The zero-order valence-corrected chi connectivity index (χ0v) is 23.0. The van der Waals surface area contributed by atoms with Crippen LogP contribution in [0.15, 0.2) is 110 Å². The Morgan fingerprint density at radius 2 is 1.05 bits per heavy atom. The van der Waals surface area contributed by atoms with E-state index in [0.29, 0.717) is 11.5 Å². The van der Waals surface area contributed by atoms with E-state index < -0.39 is 17.4 Å². The third-order valence-electron chi connectivity index (χ3n) is 7.20. The van der Waals surface area contributed by atoms with Crippen LogP contribution < -0.4 is 9.47 Å². The van der Waals surface area contributed by atoms with E-state index in [1.54, 1.807) is 0 Å². The van der Waals surface area contributed by atoms with Gasteiger partial charge in [-0.3, -0.25) is 0 Å². The van der Waals surface area contributed by atoms with Crippen LogP contribution in [0.4, 0.5) is 0 Å². The fourth-order valence-electron chi connectivity index (χ4n) is 5.50. The number of rotatable bonds is 10. The molecule has 0 atom stereocenters. The summed E-state index contributed by atoms with van der Waals surface area (Å²) < 4.78 is 22.7. The molecule has 0 fully saturated rings. The summed E-state index contributed by atoms with van der Waals surface area (Å²) in [6.45, 7) is 10.3. The van der Waals surface area contributed by atoms with Gasteiger partial charge >= 0.3 is 11.9 Å². The van der Waals surface area contributed by atoms with Crippen LogP contribution in [0.5, 0.6) is 11.5 Å². The second-order valence-electron chi connectivity index (χ2n) is 9.70. The summed E-state index contributed by atoms with van der Waals surface area (Å²) in [6, 6.07) is 28.5. The highest BCUT2D eigenvalue weighted by Gasteiger charge is 2.49. The molecule has 0 radical (unpaired) electrons. The van der Waals surface area contributed by atoms with E-state index in [1.807, 2.05) is 74.5 Å². The molecule has 5 rings (SSSR count). The summed E-state index contributed by atoms with van der Waals surface area (Å²) in [5.41, 5.74) is 6.98.